The number of benzene rings is 3. The van der Waals surface area contributed by atoms with Crippen molar-refractivity contribution in [2.45, 2.75) is 56.7 Å². The summed E-state index contributed by atoms with van der Waals surface area (Å²) in [6, 6.07) is 24.3. The molecule has 2 fully saturated rings. The van der Waals surface area contributed by atoms with Gasteiger partial charge in [-0.25, -0.2) is 4.99 Å². The third kappa shape index (κ3) is 7.03. The number of hydrogen-bond donors (Lipinski definition) is 1. The van der Waals surface area contributed by atoms with Crippen LogP contribution >= 0.6 is 0 Å². The van der Waals surface area contributed by atoms with E-state index in [2.05, 4.69) is 10.3 Å². The van der Waals surface area contributed by atoms with Gasteiger partial charge in [0.05, 0.1) is 25.1 Å². The fourth-order valence-corrected chi connectivity index (χ4v) is 7.14. The molecule has 0 spiro atoms. The molecular formula is C39H39N6O5+. The van der Waals surface area contributed by atoms with E-state index in [4.69, 9.17) is 0 Å². The highest BCUT2D eigenvalue weighted by Crippen LogP contribution is 2.29. The number of carbonyl (C=O) groups excluding carboxylic acids is 5. The molecule has 4 aliphatic rings. The van der Waals surface area contributed by atoms with E-state index in [0.29, 0.717) is 43.0 Å². The molecule has 1 unspecified atom stereocenters. The molecule has 0 aromatic heterocycles. The van der Waals surface area contributed by atoms with Gasteiger partial charge in [0.15, 0.2) is 12.2 Å². The first-order valence-corrected chi connectivity index (χ1v) is 17.1. The number of rotatable bonds is 10. The van der Waals surface area contributed by atoms with E-state index >= 15 is 0 Å². The lowest BCUT2D eigenvalue weighted by atomic mass is 10.1. The molecule has 11 nitrogen and oxygen atoms in total. The minimum absolute atomic E-state index is 0.0509. The van der Waals surface area contributed by atoms with Crippen LogP contribution < -0.4 is 5.32 Å². The number of likely N-dealkylation sites (tertiary alicyclic amines) is 2. The van der Waals surface area contributed by atoms with Gasteiger partial charge in [-0.2, -0.15) is 4.58 Å². The molecule has 11 heteroatoms. The van der Waals surface area contributed by atoms with Crippen molar-refractivity contribution in [3.05, 3.63) is 114 Å². The highest BCUT2D eigenvalue weighted by molar-refractivity contribution is 6.34. The summed E-state index contributed by atoms with van der Waals surface area (Å²) in [6.45, 7) is 1.18. The molecule has 3 aromatic carbocycles. The Morgan fingerprint density at radius 2 is 1.34 bits per heavy atom. The second-order valence-corrected chi connectivity index (χ2v) is 13.1. The van der Waals surface area contributed by atoms with Crippen molar-refractivity contribution in [1.29, 1.82) is 0 Å². The second kappa shape index (κ2) is 14.4. The monoisotopic (exact) mass is 671 g/mol. The maximum absolute atomic E-state index is 13.4. The summed E-state index contributed by atoms with van der Waals surface area (Å²) in [7, 11) is 0. The molecular weight excluding hydrogens is 632 g/mol. The molecule has 7 rings (SSSR count). The smallest absolute Gasteiger partial charge is 0.262 e. The number of ketones is 1. The van der Waals surface area contributed by atoms with Gasteiger partial charge in [-0.1, -0.05) is 72.8 Å². The van der Waals surface area contributed by atoms with Gasteiger partial charge in [0.25, 0.3) is 5.91 Å². The quantitative estimate of drug-likeness (QED) is 0.331. The van der Waals surface area contributed by atoms with Gasteiger partial charge >= 0.3 is 0 Å². The third-order valence-electron chi connectivity index (χ3n) is 9.72. The molecule has 254 valence electrons. The van der Waals surface area contributed by atoms with Crippen molar-refractivity contribution in [1.82, 2.24) is 14.7 Å². The van der Waals surface area contributed by atoms with Gasteiger partial charge in [-0.3, -0.25) is 28.9 Å². The summed E-state index contributed by atoms with van der Waals surface area (Å²) >= 11 is 0. The Balaban J connectivity index is 0.960. The first-order chi connectivity index (χ1) is 24.3. The summed E-state index contributed by atoms with van der Waals surface area (Å²) in [4.78, 5) is 75.4. The number of carbonyl (C=O) groups is 5. The fraction of sp³-hybridized carbons (Fsp3) is 0.308. The summed E-state index contributed by atoms with van der Waals surface area (Å²) < 4.78 is 1.71. The molecule has 0 radical (unpaired) electrons. The second-order valence-electron chi connectivity index (χ2n) is 13.1. The molecule has 1 N–H and O–H groups in total. The number of Topliss-reactive ketones (excluding diaryl/α,β-unsaturated/α-hetero) is 1. The highest BCUT2D eigenvalue weighted by Gasteiger charge is 2.40. The van der Waals surface area contributed by atoms with E-state index in [-0.39, 0.29) is 48.8 Å². The summed E-state index contributed by atoms with van der Waals surface area (Å²) in [5.41, 5.74) is 3.07. The average Bonchev–Trinajstić information content (AvgIpc) is 3.89. The van der Waals surface area contributed by atoms with Crippen molar-refractivity contribution in [3.63, 3.8) is 0 Å². The molecule has 3 atom stereocenters. The van der Waals surface area contributed by atoms with E-state index in [1.54, 1.807) is 57.3 Å². The molecule has 50 heavy (non-hydrogen) atoms. The number of fused-ring (bicyclic) bond motifs is 1. The van der Waals surface area contributed by atoms with E-state index in [9.17, 15) is 24.0 Å². The van der Waals surface area contributed by atoms with Crippen LogP contribution in [0.4, 0.5) is 5.69 Å². The van der Waals surface area contributed by atoms with E-state index in [1.165, 1.54) is 4.90 Å². The maximum Gasteiger partial charge on any atom is 0.262 e. The number of anilines is 1. The fourth-order valence-electron chi connectivity index (χ4n) is 7.14. The zero-order valence-electron chi connectivity index (χ0n) is 27.7. The Kier molecular flexibility index (Phi) is 9.46. The third-order valence-corrected chi connectivity index (χ3v) is 9.72. The van der Waals surface area contributed by atoms with E-state index in [0.717, 1.165) is 24.0 Å². The van der Waals surface area contributed by atoms with Gasteiger partial charge in [0.2, 0.25) is 42.1 Å². The molecule has 4 heterocycles. The van der Waals surface area contributed by atoms with Crippen LogP contribution in [0, 0.1) is 0 Å². The first kappa shape index (κ1) is 32.8. The molecule has 0 aliphatic carbocycles. The molecule has 0 saturated carbocycles. The van der Waals surface area contributed by atoms with Crippen LogP contribution in [0.1, 0.15) is 48.4 Å². The van der Waals surface area contributed by atoms with Crippen molar-refractivity contribution < 1.29 is 28.5 Å². The first-order valence-electron chi connectivity index (χ1n) is 17.1. The number of aliphatic imine (C=N–C) groups is 1. The zero-order valence-corrected chi connectivity index (χ0v) is 27.7. The standard InChI is InChI=1S/C39H38N6O5/c46-33(31-13-7-19-43(31)35(47)23-27-9-3-1-4-10-27)25-42-21-22-45-34(26-42)41-37(39(45)50)29-15-17-30(18-16-29)40-38(49)32-14-8-20-44(32)36(48)24-28-11-5-2-6-12-28/h1-6,9-12,15-18,21-22,26,31-32,37H,7-8,13-14,19-20,23-25H2/p+1/t31-,32-,37?/m0/s1. The zero-order chi connectivity index (χ0) is 34.6. The van der Waals surface area contributed by atoms with Crippen LogP contribution in [0.3, 0.4) is 0 Å². The molecule has 3 aromatic rings. The Morgan fingerprint density at radius 3 is 1.96 bits per heavy atom. The van der Waals surface area contributed by atoms with Crippen LogP contribution in [0.15, 0.2) is 102 Å². The predicted octanol–water partition coefficient (Wildman–Crippen LogP) is 3.51. The summed E-state index contributed by atoms with van der Waals surface area (Å²) in [5.74, 6) is -0.201. The summed E-state index contributed by atoms with van der Waals surface area (Å²) in [6.07, 6.45) is 8.27. The molecule has 2 saturated heterocycles. The van der Waals surface area contributed by atoms with E-state index < -0.39 is 18.1 Å². The molecule has 4 amide bonds. The van der Waals surface area contributed by atoms with Gasteiger partial charge in [-0.15, -0.1) is 0 Å². The van der Waals surface area contributed by atoms with E-state index in [1.807, 2.05) is 60.7 Å². The number of nitrogens with zero attached hydrogens (tertiary/aromatic N) is 5. The van der Waals surface area contributed by atoms with Crippen LogP contribution in [-0.4, -0.2) is 92.5 Å². The predicted molar refractivity (Wildman–Crippen MR) is 187 cm³/mol. The Bertz CT molecular complexity index is 1890. The number of amidine groups is 1. The van der Waals surface area contributed by atoms with Gasteiger partial charge in [-0.05, 0) is 54.5 Å². The van der Waals surface area contributed by atoms with Crippen molar-refractivity contribution in [2.24, 2.45) is 4.99 Å². The van der Waals surface area contributed by atoms with Gasteiger partial charge < -0.3 is 15.1 Å². The summed E-state index contributed by atoms with van der Waals surface area (Å²) in [5, 5.41) is 2.94. The maximum atomic E-state index is 13.4. The number of nitrogens with one attached hydrogen (secondary N) is 1. The highest BCUT2D eigenvalue weighted by atomic mass is 16.2. The number of hydrogen-bond acceptors (Lipinski definition) is 6. The Hall–Kier alpha value is -5.71. The van der Waals surface area contributed by atoms with Crippen LogP contribution in [0.2, 0.25) is 0 Å². The SMILES string of the molecule is O=C(C[N+]1=CC2=NC(c3ccc(NC(=O)[C@@H]4CCCN4C(=O)Cc4ccccc4)cc3)C(=O)N2C=C1)[C@@H]1CCCN1C(=O)Cc1ccccc1. The average molecular weight is 672 g/mol. The normalized spacial score (nSPS) is 21.2. The van der Waals surface area contributed by atoms with Crippen molar-refractivity contribution in [3.8, 4) is 0 Å². The van der Waals surface area contributed by atoms with Gasteiger partial charge in [0.1, 0.15) is 6.04 Å². The minimum atomic E-state index is -0.770. The van der Waals surface area contributed by atoms with Crippen LogP contribution in [0.5, 0.6) is 0 Å². The lowest BCUT2D eigenvalue weighted by Gasteiger charge is -2.24. The lowest BCUT2D eigenvalue weighted by molar-refractivity contribution is -0.440. The van der Waals surface area contributed by atoms with Crippen molar-refractivity contribution in [2.75, 3.05) is 25.0 Å². The minimum Gasteiger partial charge on any atom is -0.332 e. The number of amides is 4. The van der Waals surface area contributed by atoms with Crippen LogP contribution in [-0.2, 0) is 36.8 Å². The lowest BCUT2D eigenvalue weighted by Crippen LogP contribution is -2.44. The Labute approximate surface area is 290 Å². The van der Waals surface area contributed by atoms with Crippen LogP contribution in [0.25, 0.3) is 0 Å². The Morgan fingerprint density at radius 1 is 0.760 bits per heavy atom. The molecule has 4 aliphatic heterocycles. The van der Waals surface area contributed by atoms with Gasteiger partial charge in [0, 0.05) is 18.8 Å². The topological polar surface area (TPSA) is 122 Å². The largest absolute Gasteiger partial charge is 0.332 e. The van der Waals surface area contributed by atoms with Crippen molar-refractivity contribution >= 4 is 47.1 Å². The molecule has 0 bridgehead atoms.